The van der Waals surface area contributed by atoms with Gasteiger partial charge in [0.05, 0.1) is 12.3 Å². The summed E-state index contributed by atoms with van der Waals surface area (Å²) in [6.45, 7) is 10.7. The van der Waals surface area contributed by atoms with Gasteiger partial charge in [0.1, 0.15) is 11.5 Å². The van der Waals surface area contributed by atoms with Crippen LogP contribution in [0.25, 0.3) is 0 Å². The Morgan fingerprint density at radius 3 is 2.56 bits per heavy atom. The van der Waals surface area contributed by atoms with E-state index in [1.54, 1.807) is 0 Å². The molecule has 6 heteroatoms. The third-order valence-electron chi connectivity index (χ3n) is 7.65. The molecule has 0 atom stereocenters. The average Bonchev–Trinajstić information content (AvgIpc) is 3.50. The van der Waals surface area contributed by atoms with Gasteiger partial charge >= 0.3 is 5.97 Å². The first-order chi connectivity index (χ1) is 17.0. The van der Waals surface area contributed by atoms with Crippen molar-refractivity contribution < 1.29 is 18.8 Å². The van der Waals surface area contributed by atoms with Crippen LogP contribution in [0.2, 0.25) is 5.02 Å². The van der Waals surface area contributed by atoms with Gasteiger partial charge in [-0.05, 0) is 79.9 Å². The molecule has 0 spiro atoms. The average molecular weight is 514 g/mol. The summed E-state index contributed by atoms with van der Waals surface area (Å²) in [5, 5.41) is 5.16. The predicted molar refractivity (Wildman–Crippen MR) is 141 cm³/mol. The Bertz CT molecular complexity index is 1100. The summed E-state index contributed by atoms with van der Waals surface area (Å²) in [6.07, 6.45) is 7.61. The van der Waals surface area contributed by atoms with Gasteiger partial charge in [0.25, 0.3) is 0 Å². The Kier molecular flexibility index (Phi) is 7.99. The minimum Gasteiger partial charge on any atom is -0.466 e. The zero-order valence-electron chi connectivity index (χ0n) is 22.4. The molecule has 0 unspecified atom stereocenters. The van der Waals surface area contributed by atoms with Crippen molar-refractivity contribution in [3.63, 3.8) is 0 Å². The van der Waals surface area contributed by atoms with Crippen LogP contribution in [-0.4, -0.2) is 23.5 Å². The van der Waals surface area contributed by atoms with Crippen LogP contribution < -0.4 is 0 Å². The number of carbonyl (C=O) groups is 2. The second kappa shape index (κ2) is 10.7. The SMILES string of the molecule is CC(=O)OCCC1(c2onc(CCC(=O)Cc3ccc(C)cc3Cl)c2C2CC2)CC(CC(C)(C)C)C1. The van der Waals surface area contributed by atoms with E-state index >= 15 is 0 Å². The highest BCUT2D eigenvalue weighted by atomic mass is 35.5. The molecule has 2 saturated carbocycles. The molecule has 1 heterocycles. The Morgan fingerprint density at radius 1 is 1.22 bits per heavy atom. The molecule has 0 saturated heterocycles. The van der Waals surface area contributed by atoms with Crippen molar-refractivity contribution in [1.29, 1.82) is 0 Å². The number of aromatic nitrogens is 1. The van der Waals surface area contributed by atoms with Crippen LogP contribution in [0.5, 0.6) is 0 Å². The van der Waals surface area contributed by atoms with Crippen molar-refractivity contribution in [3.05, 3.63) is 51.4 Å². The largest absolute Gasteiger partial charge is 0.466 e. The second-order valence-corrected chi connectivity index (χ2v) is 12.8. The lowest BCUT2D eigenvalue weighted by Crippen LogP contribution is -2.44. The number of esters is 1. The summed E-state index contributed by atoms with van der Waals surface area (Å²) in [7, 11) is 0. The van der Waals surface area contributed by atoms with E-state index in [-0.39, 0.29) is 22.6 Å². The molecule has 0 N–H and O–H groups in total. The molecule has 2 aliphatic rings. The molecule has 2 aromatic rings. The summed E-state index contributed by atoms with van der Waals surface area (Å²) < 4.78 is 11.5. The van der Waals surface area contributed by atoms with E-state index in [0.717, 1.165) is 61.1 Å². The van der Waals surface area contributed by atoms with Crippen molar-refractivity contribution in [2.45, 2.75) is 104 Å². The molecule has 196 valence electrons. The van der Waals surface area contributed by atoms with Gasteiger partial charge in [0.2, 0.25) is 0 Å². The van der Waals surface area contributed by atoms with Gasteiger partial charge < -0.3 is 9.26 Å². The normalized spacial score (nSPS) is 21.8. The molecule has 0 aliphatic heterocycles. The van der Waals surface area contributed by atoms with Crippen molar-refractivity contribution in [1.82, 2.24) is 5.16 Å². The molecular formula is C30H40ClNO4. The summed E-state index contributed by atoms with van der Waals surface area (Å²) in [5.41, 5.74) is 4.27. The van der Waals surface area contributed by atoms with Gasteiger partial charge in [0, 0.05) is 42.2 Å². The van der Waals surface area contributed by atoms with Crippen LogP contribution >= 0.6 is 11.6 Å². The molecule has 4 rings (SSSR count). The summed E-state index contributed by atoms with van der Waals surface area (Å²) in [5.74, 6) is 2.00. The fourth-order valence-corrected chi connectivity index (χ4v) is 6.29. The van der Waals surface area contributed by atoms with Gasteiger partial charge in [-0.2, -0.15) is 0 Å². The fraction of sp³-hybridized carbons (Fsp3) is 0.633. The van der Waals surface area contributed by atoms with E-state index < -0.39 is 0 Å². The zero-order chi connectivity index (χ0) is 26.1. The first-order valence-electron chi connectivity index (χ1n) is 13.3. The molecule has 1 aromatic heterocycles. The molecular weight excluding hydrogens is 474 g/mol. The maximum Gasteiger partial charge on any atom is 0.302 e. The van der Waals surface area contributed by atoms with Crippen LogP contribution in [0, 0.1) is 18.3 Å². The maximum absolute atomic E-state index is 12.8. The van der Waals surface area contributed by atoms with E-state index in [0.29, 0.717) is 42.7 Å². The molecule has 36 heavy (non-hydrogen) atoms. The summed E-state index contributed by atoms with van der Waals surface area (Å²) in [4.78, 5) is 24.2. The summed E-state index contributed by atoms with van der Waals surface area (Å²) in [6, 6.07) is 5.83. The van der Waals surface area contributed by atoms with Gasteiger partial charge in [-0.1, -0.05) is 49.7 Å². The van der Waals surface area contributed by atoms with Crippen molar-refractivity contribution in [2.24, 2.45) is 11.3 Å². The fourth-order valence-electron chi connectivity index (χ4n) is 5.99. The Labute approximate surface area is 220 Å². The number of ether oxygens (including phenoxy) is 1. The minimum absolute atomic E-state index is 0.131. The molecule has 2 aliphatic carbocycles. The highest BCUT2D eigenvalue weighted by molar-refractivity contribution is 6.31. The highest BCUT2D eigenvalue weighted by Gasteiger charge is 2.51. The van der Waals surface area contributed by atoms with E-state index in [1.165, 1.54) is 12.5 Å². The molecule has 2 fully saturated rings. The summed E-state index contributed by atoms with van der Waals surface area (Å²) >= 11 is 6.34. The molecule has 0 bridgehead atoms. The lowest BCUT2D eigenvalue weighted by molar-refractivity contribution is -0.142. The molecule has 1 aromatic carbocycles. The first kappa shape index (κ1) is 26.9. The quantitative estimate of drug-likeness (QED) is 0.295. The number of benzene rings is 1. The highest BCUT2D eigenvalue weighted by Crippen LogP contribution is 2.57. The number of rotatable bonds is 11. The predicted octanol–water partition coefficient (Wildman–Crippen LogP) is 7.30. The van der Waals surface area contributed by atoms with E-state index in [2.05, 4.69) is 25.9 Å². The number of nitrogens with zero attached hydrogens (tertiary/aromatic N) is 1. The smallest absolute Gasteiger partial charge is 0.302 e. The maximum atomic E-state index is 12.8. The second-order valence-electron chi connectivity index (χ2n) is 12.4. The van der Waals surface area contributed by atoms with Crippen LogP contribution in [0.3, 0.4) is 0 Å². The first-order valence-corrected chi connectivity index (χ1v) is 13.7. The standard InChI is InChI=1S/C30H40ClNO4/c1-19-6-7-23(25(31)14-19)15-24(34)10-11-26-27(22-8-9-22)28(36-32-26)30(12-13-35-20(2)33)17-21(18-30)16-29(3,4)5/h6-7,14,21-22H,8-13,15-18H2,1-5H3. The van der Waals surface area contributed by atoms with Crippen molar-refractivity contribution in [3.8, 4) is 0 Å². The Hall–Kier alpha value is -2.14. The lowest BCUT2D eigenvalue weighted by Gasteiger charge is -2.48. The third-order valence-corrected chi connectivity index (χ3v) is 8.00. The van der Waals surface area contributed by atoms with Crippen molar-refractivity contribution >= 4 is 23.4 Å². The Balaban J connectivity index is 1.48. The number of ketones is 1. The van der Waals surface area contributed by atoms with Gasteiger partial charge in [0.15, 0.2) is 0 Å². The third kappa shape index (κ3) is 6.59. The molecule has 0 amide bonds. The van der Waals surface area contributed by atoms with Crippen LogP contribution in [0.1, 0.15) is 107 Å². The number of aryl methyl sites for hydroxylation is 2. The van der Waals surface area contributed by atoms with E-state index in [9.17, 15) is 9.59 Å². The monoisotopic (exact) mass is 513 g/mol. The Morgan fingerprint density at radius 2 is 1.94 bits per heavy atom. The van der Waals surface area contributed by atoms with Crippen LogP contribution in [0.15, 0.2) is 22.7 Å². The number of carbonyl (C=O) groups excluding carboxylic acids is 2. The van der Waals surface area contributed by atoms with Gasteiger partial charge in [-0.3, -0.25) is 9.59 Å². The molecule has 5 nitrogen and oxygen atoms in total. The number of hydrogen-bond acceptors (Lipinski definition) is 5. The van der Waals surface area contributed by atoms with Gasteiger partial charge in [-0.15, -0.1) is 0 Å². The van der Waals surface area contributed by atoms with Gasteiger partial charge in [-0.25, -0.2) is 0 Å². The topological polar surface area (TPSA) is 69.4 Å². The number of Topliss-reactive ketones (excluding diaryl/α,β-unsaturated/α-hetero) is 1. The van der Waals surface area contributed by atoms with E-state index in [1.807, 2.05) is 25.1 Å². The number of halogens is 1. The minimum atomic E-state index is -0.247. The lowest BCUT2D eigenvalue weighted by atomic mass is 9.55. The zero-order valence-corrected chi connectivity index (χ0v) is 23.2. The van der Waals surface area contributed by atoms with Crippen molar-refractivity contribution in [2.75, 3.05) is 6.61 Å². The van der Waals surface area contributed by atoms with Crippen LogP contribution in [0.4, 0.5) is 0 Å². The molecule has 0 radical (unpaired) electrons. The van der Waals surface area contributed by atoms with E-state index in [4.69, 9.17) is 20.9 Å². The number of hydrogen-bond donors (Lipinski definition) is 0. The van der Waals surface area contributed by atoms with Crippen LogP contribution in [-0.2, 0) is 32.6 Å².